The second-order valence-corrected chi connectivity index (χ2v) is 1.93. The molecule has 0 fully saturated rings. The minimum absolute atomic E-state index is 0. The first-order valence-corrected chi connectivity index (χ1v) is 3.10. The highest BCUT2D eigenvalue weighted by molar-refractivity contribution is 5.85. The Morgan fingerprint density at radius 1 is 1.17 bits per heavy atom. The summed E-state index contributed by atoms with van der Waals surface area (Å²) in [7, 11) is 0. The van der Waals surface area contributed by atoms with E-state index in [-0.39, 0.29) is 12.4 Å². The maximum absolute atomic E-state index is 3.99. The molecule has 0 bridgehead atoms. The molecule has 0 saturated heterocycles. The Bertz CT molecular complexity index is 319. The van der Waals surface area contributed by atoms with E-state index in [0.717, 1.165) is 0 Å². The van der Waals surface area contributed by atoms with Crippen molar-refractivity contribution in [1.82, 2.24) is 25.4 Å². The number of H-pyrrole nitrogens is 1. The molecule has 0 aliphatic carbocycles. The molecule has 62 valence electrons. The van der Waals surface area contributed by atoms with Gasteiger partial charge in [-0.05, 0) is 6.07 Å². The van der Waals surface area contributed by atoms with Crippen LogP contribution in [0.3, 0.4) is 0 Å². The lowest BCUT2D eigenvalue weighted by Gasteiger charge is -1.88. The van der Waals surface area contributed by atoms with Crippen molar-refractivity contribution < 1.29 is 0 Å². The molecule has 0 aliphatic heterocycles. The molecule has 5 nitrogen and oxygen atoms in total. The van der Waals surface area contributed by atoms with Crippen molar-refractivity contribution in [1.29, 1.82) is 0 Å². The van der Waals surface area contributed by atoms with E-state index in [1.54, 1.807) is 24.7 Å². The fraction of sp³-hybridized carbons (Fsp3) is 0. The maximum atomic E-state index is 3.99. The summed E-state index contributed by atoms with van der Waals surface area (Å²) >= 11 is 0. The molecule has 0 atom stereocenters. The van der Waals surface area contributed by atoms with Crippen molar-refractivity contribution in [3.05, 3.63) is 24.7 Å². The molecule has 0 amide bonds. The third-order valence-corrected chi connectivity index (χ3v) is 1.21. The predicted molar refractivity (Wildman–Crippen MR) is 44.7 cm³/mol. The lowest BCUT2D eigenvalue weighted by molar-refractivity contribution is 0.938. The lowest BCUT2D eigenvalue weighted by atomic mass is 10.4. The molecular weight excluding hydrogens is 178 g/mol. The molecule has 2 heterocycles. The van der Waals surface area contributed by atoms with E-state index in [1.807, 2.05) is 0 Å². The first kappa shape index (κ1) is 8.61. The fourth-order valence-corrected chi connectivity index (χ4v) is 0.741. The van der Waals surface area contributed by atoms with Crippen molar-refractivity contribution in [3.8, 4) is 11.5 Å². The van der Waals surface area contributed by atoms with Crippen LogP contribution in [-0.2, 0) is 0 Å². The lowest BCUT2D eigenvalue weighted by Crippen LogP contribution is -1.85. The molecule has 6 heteroatoms. The van der Waals surface area contributed by atoms with Crippen LogP contribution in [0.15, 0.2) is 24.7 Å². The van der Waals surface area contributed by atoms with Crippen molar-refractivity contribution in [2.75, 3.05) is 0 Å². The van der Waals surface area contributed by atoms with Crippen LogP contribution in [0.5, 0.6) is 0 Å². The highest BCUT2D eigenvalue weighted by Crippen LogP contribution is 2.05. The molecule has 0 saturated carbocycles. The third-order valence-electron chi connectivity index (χ3n) is 1.21. The summed E-state index contributed by atoms with van der Waals surface area (Å²) in [5, 5.41) is 9.96. The van der Waals surface area contributed by atoms with Gasteiger partial charge in [0.15, 0.2) is 5.82 Å². The number of rotatable bonds is 1. The minimum atomic E-state index is 0. The average molecular weight is 184 g/mol. The average Bonchev–Trinajstić information content (AvgIpc) is 2.58. The van der Waals surface area contributed by atoms with E-state index < -0.39 is 0 Å². The zero-order valence-electron chi connectivity index (χ0n) is 6.01. The van der Waals surface area contributed by atoms with Crippen LogP contribution >= 0.6 is 12.4 Å². The second-order valence-electron chi connectivity index (χ2n) is 1.93. The van der Waals surface area contributed by atoms with Gasteiger partial charge in [0, 0.05) is 12.4 Å². The van der Waals surface area contributed by atoms with Gasteiger partial charge in [-0.15, -0.1) is 12.4 Å². The second kappa shape index (κ2) is 3.77. The molecule has 2 aromatic rings. The van der Waals surface area contributed by atoms with Gasteiger partial charge in [-0.25, -0.2) is 9.97 Å². The maximum Gasteiger partial charge on any atom is 0.181 e. The summed E-state index contributed by atoms with van der Waals surface area (Å²) < 4.78 is 0. The molecule has 0 aliphatic rings. The molecule has 0 aromatic carbocycles. The normalized spacial score (nSPS) is 9.00. The molecule has 2 rings (SSSR count). The minimum Gasteiger partial charge on any atom is -0.235 e. The Balaban J connectivity index is 0.000000720. The fourth-order valence-electron chi connectivity index (χ4n) is 0.741. The molecule has 1 N–H and O–H groups in total. The van der Waals surface area contributed by atoms with Gasteiger partial charge in [-0.1, -0.05) is 0 Å². The number of halogens is 1. The zero-order chi connectivity index (χ0) is 7.52. The Morgan fingerprint density at radius 3 is 2.50 bits per heavy atom. The van der Waals surface area contributed by atoms with Crippen molar-refractivity contribution >= 4 is 12.4 Å². The molecule has 0 radical (unpaired) electrons. The van der Waals surface area contributed by atoms with Gasteiger partial charge in [0.25, 0.3) is 0 Å². The van der Waals surface area contributed by atoms with Gasteiger partial charge < -0.3 is 0 Å². The number of nitrogens with one attached hydrogen (secondary N) is 1. The van der Waals surface area contributed by atoms with Crippen LogP contribution in [0.1, 0.15) is 0 Å². The zero-order valence-corrected chi connectivity index (χ0v) is 6.82. The van der Waals surface area contributed by atoms with Crippen LogP contribution in [0.25, 0.3) is 11.5 Å². The standard InChI is InChI=1S/C6H5N5.ClH/c1-2-7-6(8-3-1)5-4-9-11-10-5;/h1-4H,(H,9,10,11);1H. The van der Waals surface area contributed by atoms with Gasteiger partial charge in [0.1, 0.15) is 5.69 Å². The summed E-state index contributed by atoms with van der Waals surface area (Å²) in [6.45, 7) is 0. The summed E-state index contributed by atoms with van der Waals surface area (Å²) in [4.78, 5) is 7.98. The van der Waals surface area contributed by atoms with E-state index in [4.69, 9.17) is 0 Å². The topological polar surface area (TPSA) is 67.3 Å². The Morgan fingerprint density at radius 2 is 1.92 bits per heavy atom. The van der Waals surface area contributed by atoms with E-state index in [1.165, 1.54) is 0 Å². The third kappa shape index (κ3) is 1.57. The number of aromatic amines is 1. The summed E-state index contributed by atoms with van der Waals surface area (Å²) in [6.07, 6.45) is 4.91. The first-order valence-electron chi connectivity index (χ1n) is 3.10. The van der Waals surface area contributed by atoms with E-state index >= 15 is 0 Å². The van der Waals surface area contributed by atoms with E-state index in [2.05, 4.69) is 25.4 Å². The monoisotopic (exact) mass is 183 g/mol. The van der Waals surface area contributed by atoms with Crippen LogP contribution in [0, 0.1) is 0 Å². The highest BCUT2D eigenvalue weighted by atomic mass is 35.5. The first-order chi connectivity index (χ1) is 5.47. The highest BCUT2D eigenvalue weighted by Gasteiger charge is 2.00. The van der Waals surface area contributed by atoms with Gasteiger partial charge in [-0.2, -0.15) is 15.4 Å². The predicted octanol–water partition coefficient (Wildman–Crippen LogP) is 0.683. The summed E-state index contributed by atoms with van der Waals surface area (Å²) in [6, 6.07) is 1.75. The Labute approximate surface area is 74.7 Å². The Hall–Kier alpha value is -1.49. The SMILES string of the molecule is Cl.c1cnc(-c2cn[nH]n2)nc1. The van der Waals surface area contributed by atoms with Crippen molar-refractivity contribution in [3.63, 3.8) is 0 Å². The number of aromatic nitrogens is 5. The molecule has 12 heavy (non-hydrogen) atoms. The summed E-state index contributed by atoms with van der Waals surface area (Å²) in [5.74, 6) is 0.584. The molecule has 2 aromatic heterocycles. The van der Waals surface area contributed by atoms with Crippen molar-refractivity contribution in [2.24, 2.45) is 0 Å². The van der Waals surface area contributed by atoms with Gasteiger partial charge >= 0.3 is 0 Å². The van der Waals surface area contributed by atoms with Gasteiger partial charge in [-0.3, -0.25) is 0 Å². The van der Waals surface area contributed by atoms with Crippen molar-refractivity contribution in [2.45, 2.75) is 0 Å². The quantitative estimate of drug-likeness (QED) is 0.706. The van der Waals surface area contributed by atoms with Crippen LogP contribution in [0.4, 0.5) is 0 Å². The molecule has 0 unspecified atom stereocenters. The van der Waals surface area contributed by atoms with Crippen LogP contribution in [-0.4, -0.2) is 25.4 Å². The van der Waals surface area contributed by atoms with Crippen LogP contribution < -0.4 is 0 Å². The van der Waals surface area contributed by atoms with Gasteiger partial charge in [0.2, 0.25) is 0 Å². The smallest absolute Gasteiger partial charge is 0.181 e. The van der Waals surface area contributed by atoms with Crippen LogP contribution in [0.2, 0.25) is 0 Å². The largest absolute Gasteiger partial charge is 0.235 e. The molecular formula is C6H6ClN5. The number of hydrogen-bond donors (Lipinski definition) is 1. The van der Waals surface area contributed by atoms with E-state index in [0.29, 0.717) is 11.5 Å². The Kier molecular flexibility index (Phi) is 2.71. The summed E-state index contributed by atoms with van der Waals surface area (Å²) in [5.41, 5.74) is 0.658. The van der Waals surface area contributed by atoms with Gasteiger partial charge in [0.05, 0.1) is 6.20 Å². The molecule has 0 spiro atoms. The number of nitrogens with zero attached hydrogens (tertiary/aromatic N) is 4. The van der Waals surface area contributed by atoms with E-state index in [9.17, 15) is 0 Å². The number of hydrogen-bond acceptors (Lipinski definition) is 4.